The van der Waals surface area contributed by atoms with Crippen molar-refractivity contribution in [1.82, 2.24) is 10.6 Å². The normalized spacial score (nSPS) is 25.7. The van der Waals surface area contributed by atoms with Gasteiger partial charge in [-0.15, -0.1) is 0 Å². The van der Waals surface area contributed by atoms with E-state index in [0.29, 0.717) is 6.54 Å². The number of hydrogen-bond donors (Lipinski definition) is 2. The average molecular weight is 256 g/mol. The van der Waals surface area contributed by atoms with Gasteiger partial charge in [-0.05, 0) is 32.2 Å². The summed E-state index contributed by atoms with van der Waals surface area (Å²) in [5.74, 6) is 0.764. The van der Waals surface area contributed by atoms with Crippen molar-refractivity contribution in [2.75, 3.05) is 20.1 Å². The lowest BCUT2D eigenvalue weighted by atomic mass is 9.88. The maximum absolute atomic E-state index is 11.9. The summed E-state index contributed by atoms with van der Waals surface area (Å²) in [6.07, 6.45) is 5.46. The number of likely N-dealkylation sites (N-methyl/N-ethyl adjacent to an activating group) is 1. The van der Waals surface area contributed by atoms with E-state index in [9.17, 15) is 4.79 Å². The van der Waals surface area contributed by atoms with Crippen LogP contribution < -0.4 is 10.6 Å². The molecule has 1 rings (SSSR count). The van der Waals surface area contributed by atoms with E-state index in [0.717, 1.165) is 31.7 Å². The van der Waals surface area contributed by atoms with Gasteiger partial charge in [0, 0.05) is 13.1 Å². The second-order valence-corrected chi connectivity index (χ2v) is 5.32. The van der Waals surface area contributed by atoms with Crippen LogP contribution in [0.3, 0.4) is 0 Å². The largest absolute Gasteiger partial charge is 0.365 e. The second kappa shape index (κ2) is 8.48. The molecule has 0 aromatic carbocycles. The molecule has 0 spiro atoms. The molecular formula is C14H28N2O2. The van der Waals surface area contributed by atoms with E-state index in [1.807, 2.05) is 14.0 Å². The Morgan fingerprint density at radius 3 is 2.78 bits per heavy atom. The van der Waals surface area contributed by atoms with E-state index in [1.54, 1.807) is 0 Å². The molecule has 3 unspecified atom stereocenters. The van der Waals surface area contributed by atoms with Crippen LogP contribution in [-0.4, -0.2) is 38.3 Å². The van der Waals surface area contributed by atoms with Crippen LogP contribution >= 0.6 is 0 Å². The van der Waals surface area contributed by atoms with Crippen molar-refractivity contribution in [2.45, 2.75) is 58.2 Å². The molecule has 2 N–H and O–H groups in total. The minimum atomic E-state index is -0.280. The van der Waals surface area contributed by atoms with Crippen LogP contribution in [0.2, 0.25) is 0 Å². The zero-order valence-electron chi connectivity index (χ0n) is 12.0. The summed E-state index contributed by atoms with van der Waals surface area (Å²) in [6, 6.07) is 0. The third-order valence-corrected chi connectivity index (χ3v) is 3.58. The van der Waals surface area contributed by atoms with E-state index in [2.05, 4.69) is 17.6 Å². The Kier molecular flexibility index (Phi) is 7.28. The Labute approximate surface area is 111 Å². The molecule has 1 aliphatic rings. The van der Waals surface area contributed by atoms with Crippen LogP contribution in [0.1, 0.15) is 46.0 Å². The van der Waals surface area contributed by atoms with Gasteiger partial charge < -0.3 is 15.4 Å². The molecule has 1 fully saturated rings. The smallest absolute Gasteiger partial charge is 0.249 e. The summed E-state index contributed by atoms with van der Waals surface area (Å²) < 4.78 is 5.97. The Morgan fingerprint density at radius 1 is 1.39 bits per heavy atom. The van der Waals surface area contributed by atoms with Crippen molar-refractivity contribution >= 4 is 5.91 Å². The van der Waals surface area contributed by atoms with E-state index < -0.39 is 0 Å². The molecule has 18 heavy (non-hydrogen) atoms. The quantitative estimate of drug-likeness (QED) is 0.682. The first-order valence-electron chi connectivity index (χ1n) is 7.25. The number of carbonyl (C=O) groups excluding carboxylic acids is 1. The number of ether oxygens (including phenoxy) is 1. The maximum Gasteiger partial charge on any atom is 0.249 e. The Morgan fingerprint density at radius 2 is 2.17 bits per heavy atom. The van der Waals surface area contributed by atoms with Gasteiger partial charge in [0.1, 0.15) is 6.10 Å². The van der Waals surface area contributed by atoms with Crippen molar-refractivity contribution in [1.29, 1.82) is 0 Å². The zero-order chi connectivity index (χ0) is 13.4. The topological polar surface area (TPSA) is 50.4 Å². The number of rotatable bonds is 7. The standard InChI is InChI=1S/C14H28N2O2/c1-4-13(14(17)16-9-8-15-3)18-12-7-5-6-11(2)10-12/h11-13,15H,4-10H2,1-3H3,(H,16,17). The average Bonchev–Trinajstić information content (AvgIpc) is 2.36. The Balaban J connectivity index is 2.33. The fourth-order valence-electron chi connectivity index (χ4n) is 2.50. The highest BCUT2D eigenvalue weighted by atomic mass is 16.5. The van der Waals surface area contributed by atoms with E-state index in [1.165, 1.54) is 12.8 Å². The van der Waals surface area contributed by atoms with Gasteiger partial charge in [0.15, 0.2) is 0 Å². The third kappa shape index (κ3) is 5.36. The van der Waals surface area contributed by atoms with Gasteiger partial charge in [-0.3, -0.25) is 4.79 Å². The molecule has 1 amide bonds. The maximum atomic E-state index is 11.9. The summed E-state index contributed by atoms with van der Waals surface area (Å²) >= 11 is 0. The van der Waals surface area contributed by atoms with Gasteiger partial charge in [0.25, 0.3) is 0 Å². The van der Waals surface area contributed by atoms with Crippen LogP contribution in [-0.2, 0) is 9.53 Å². The Bertz CT molecular complexity index is 246. The number of amides is 1. The highest BCUT2D eigenvalue weighted by Gasteiger charge is 2.25. The molecule has 4 heteroatoms. The molecule has 0 aliphatic heterocycles. The van der Waals surface area contributed by atoms with Crippen LogP contribution in [0.5, 0.6) is 0 Å². The Hall–Kier alpha value is -0.610. The number of nitrogens with one attached hydrogen (secondary N) is 2. The third-order valence-electron chi connectivity index (χ3n) is 3.58. The highest BCUT2D eigenvalue weighted by molar-refractivity contribution is 5.80. The van der Waals surface area contributed by atoms with Gasteiger partial charge >= 0.3 is 0 Å². The summed E-state index contributed by atoms with van der Waals surface area (Å²) in [6.45, 7) is 5.73. The van der Waals surface area contributed by atoms with Gasteiger partial charge in [-0.1, -0.05) is 26.7 Å². The predicted octanol–water partition coefficient (Wildman–Crippen LogP) is 1.70. The lowest BCUT2D eigenvalue weighted by molar-refractivity contribution is -0.138. The predicted molar refractivity (Wildman–Crippen MR) is 73.5 cm³/mol. The number of carbonyl (C=O) groups is 1. The summed E-state index contributed by atoms with van der Waals surface area (Å²) in [5, 5.41) is 5.92. The summed E-state index contributed by atoms with van der Waals surface area (Å²) in [5.41, 5.74) is 0. The minimum Gasteiger partial charge on any atom is -0.365 e. The molecule has 1 aliphatic carbocycles. The molecule has 0 saturated heterocycles. The van der Waals surface area contributed by atoms with E-state index in [4.69, 9.17) is 4.74 Å². The van der Waals surface area contributed by atoms with Crippen molar-refractivity contribution in [3.05, 3.63) is 0 Å². The first kappa shape index (κ1) is 15.4. The first-order valence-corrected chi connectivity index (χ1v) is 7.25. The lowest BCUT2D eigenvalue weighted by Gasteiger charge is -2.29. The molecule has 1 saturated carbocycles. The molecule has 0 bridgehead atoms. The van der Waals surface area contributed by atoms with Gasteiger partial charge in [-0.2, -0.15) is 0 Å². The van der Waals surface area contributed by atoms with Crippen molar-refractivity contribution in [3.63, 3.8) is 0 Å². The number of hydrogen-bond acceptors (Lipinski definition) is 3. The van der Waals surface area contributed by atoms with E-state index in [-0.39, 0.29) is 18.1 Å². The minimum absolute atomic E-state index is 0.0333. The summed E-state index contributed by atoms with van der Waals surface area (Å²) in [7, 11) is 1.88. The van der Waals surface area contributed by atoms with Crippen LogP contribution in [0.25, 0.3) is 0 Å². The molecule has 4 nitrogen and oxygen atoms in total. The van der Waals surface area contributed by atoms with Gasteiger partial charge in [0.05, 0.1) is 6.10 Å². The fourth-order valence-corrected chi connectivity index (χ4v) is 2.50. The molecule has 0 heterocycles. The van der Waals surface area contributed by atoms with Gasteiger partial charge in [-0.25, -0.2) is 0 Å². The summed E-state index contributed by atoms with van der Waals surface area (Å²) in [4.78, 5) is 11.9. The monoisotopic (exact) mass is 256 g/mol. The van der Waals surface area contributed by atoms with Gasteiger partial charge in [0.2, 0.25) is 5.91 Å². The van der Waals surface area contributed by atoms with Crippen LogP contribution in [0.4, 0.5) is 0 Å². The van der Waals surface area contributed by atoms with Crippen molar-refractivity contribution < 1.29 is 9.53 Å². The van der Waals surface area contributed by atoms with Crippen LogP contribution in [0, 0.1) is 5.92 Å². The molecule has 3 atom stereocenters. The van der Waals surface area contributed by atoms with Crippen molar-refractivity contribution in [3.8, 4) is 0 Å². The molecule has 0 radical (unpaired) electrons. The molecule has 0 aromatic heterocycles. The SMILES string of the molecule is CCC(OC1CCCC(C)C1)C(=O)NCCNC. The first-order chi connectivity index (χ1) is 8.67. The highest BCUT2D eigenvalue weighted by Crippen LogP contribution is 2.26. The molecule has 0 aromatic rings. The van der Waals surface area contributed by atoms with Crippen molar-refractivity contribution in [2.24, 2.45) is 5.92 Å². The van der Waals surface area contributed by atoms with E-state index >= 15 is 0 Å². The van der Waals surface area contributed by atoms with Crippen LogP contribution in [0.15, 0.2) is 0 Å². The lowest BCUT2D eigenvalue weighted by Crippen LogP contribution is -2.41. The fraction of sp³-hybridized carbons (Fsp3) is 0.929. The zero-order valence-corrected chi connectivity index (χ0v) is 12.0. The second-order valence-electron chi connectivity index (χ2n) is 5.32. The molecule has 106 valence electrons. The molecular weight excluding hydrogens is 228 g/mol.